The number of likely N-dealkylation sites (N-methyl/N-ethyl adjacent to an activating group) is 1. The van der Waals surface area contributed by atoms with Crippen molar-refractivity contribution in [1.29, 1.82) is 0 Å². The standard InChI is InChI=1S/C20H37N3OS/c1-2-22-12-6-8-18(22)15-21-20(24)10-14-25-16-17-7-5-13-23-11-4-3-9-19(17)23/h17-19H,2-16H2,1H3,(H,21,24)/t17?,18?,19-/m0/s1. The Morgan fingerprint density at radius 2 is 1.92 bits per heavy atom. The molecule has 0 spiro atoms. The topological polar surface area (TPSA) is 35.6 Å². The smallest absolute Gasteiger partial charge is 0.220 e. The molecule has 1 amide bonds. The first-order valence-electron chi connectivity index (χ1n) is 10.6. The number of rotatable bonds is 8. The van der Waals surface area contributed by atoms with Crippen LogP contribution in [0, 0.1) is 5.92 Å². The average Bonchev–Trinajstić information content (AvgIpc) is 3.11. The van der Waals surface area contributed by atoms with Crippen molar-refractivity contribution in [2.75, 3.05) is 44.2 Å². The second-order valence-electron chi connectivity index (χ2n) is 8.06. The molecule has 3 aliphatic heterocycles. The van der Waals surface area contributed by atoms with Crippen molar-refractivity contribution < 1.29 is 4.79 Å². The van der Waals surface area contributed by atoms with Crippen LogP contribution >= 0.6 is 11.8 Å². The monoisotopic (exact) mass is 367 g/mol. The summed E-state index contributed by atoms with van der Waals surface area (Å²) in [5.74, 6) is 3.34. The molecule has 3 fully saturated rings. The zero-order valence-corrected chi connectivity index (χ0v) is 16.9. The lowest BCUT2D eigenvalue weighted by Gasteiger charge is -2.44. The third kappa shape index (κ3) is 5.61. The number of hydrogen-bond acceptors (Lipinski definition) is 4. The highest BCUT2D eigenvalue weighted by molar-refractivity contribution is 7.99. The molecule has 0 bridgehead atoms. The number of nitrogens with one attached hydrogen (secondary N) is 1. The number of carbonyl (C=O) groups excluding carboxylic acids is 1. The molecule has 5 heteroatoms. The van der Waals surface area contributed by atoms with Crippen LogP contribution in [0.1, 0.15) is 58.3 Å². The molecule has 0 aromatic carbocycles. The first-order chi connectivity index (χ1) is 12.3. The maximum absolute atomic E-state index is 12.1. The molecule has 144 valence electrons. The van der Waals surface area contributed by atoms with E-state index in [1.54, 1.807) is 0 Å². The second kappa shape index (κ2) is 10.2. The van der Waals surface area contributed by atoms with Gasteiger partial charge in [0.2, 0.25) is 5.91 Å². The van der Waals surface area contributed by atoms with E-state index in [0.717, 1.165) is 30.8 Å². The molecule has 4 nitrogen and oxygen atoms in total. The van der Waals surface area contributed by atoms with Crippen LogP contribution in [0.2, 0.25) is 0 Å². The van der Waals surface area contributed by atoms with Crippen molar-refractivity contribution >= 4 is 17.7 Å². The van der Waals surface area contributed by atoms with E-state index >= 15 is 0 Å². The fourth-order valence-electron chi connectivity index (χ4n) is 5.03. The Labute approximate surface area is 158 Å². The van der Waals surface area contributed by atoms with E-state index in [-0.39, 0.29) is 5.91 Å². The summed E-state index contributed by atoms with van der Waals surface area (Å²) in [5.41, 5.74) is 0. The summed E-state index contributed by atoms with van der Waals surface area (Å²) in [6, 6.07) is 1.41. The van der Waals surface area contributed by atoms with Crippen molar-refractivity contribution in [3.8, 4) is 0 Å². The maximum Gasteiger partial charge on any atom is 0.220 e. The number of carbonyl (C=O) groups is 1. The van der Waals surface area contributed by atoms with Gasteiger partial charge in [0.1, 0.15) is 0 Å². The Kier molecular flexibility index (Phi) is 7.93. The number of piperidine rings is 2. The van der Waals surface area contributed by atoms with Crippen molar-refractivity contribution in [1.82, 2.24) is 15.1 Å². The van der Waals surface area contributed by atoms with Gasteiger partial charge in [0.15, 0.2) is 0 Å². The van der Waals surface area contributed by atoms with Gasteiger partial charge in [-0.15, -0.1) is 0 Å². The number of amides is 1. The van der Waals surface area contributed by atoms with Gasteiger partial charge in [-0.3, -0.25) is 9.69 Å². The maximum atomic E-state index is 12.1. The molecular formula is C20H37N3OS. The van der Waals surface area contributed by atoms with Crippen LogP contribution in [0.25, 0.3) is 0 Å². The number of thioether (sulfide) groups is 1. The van der Waals surface area contributed by atoms with E-state index < -0.39 is 0 Å². The SMILES string of the molecule is CCN1CCCC1CNC(=O)CCSCC1CCCN2CCCC[C@@H]12. The summed E-state index contributed by atoms with van der Waals surface area (Å²) >= 11 is 2.01. The first-order valence-corrected chi connectivity index (χ1v) is 11.8. The molecule has 25 heavy (non-hydrogen) atoms. The van der Waals surface area contributed by atoms with Crippen molar-refractivity contribution in [2.24, 2.45) is 5.92 Å². The molecule has 0 aliphatic carbocycles. The van der Waals surface area contributed by atoms with E-state index in [1.807, 2.05) is 11.8 Å². The number of hydrogen-bond donors (Lipinski definition) is 1. The van der Waals surface area contributed by atoms with Gasteiger partial charge in [0, 0.05) is 30.8 Å². The minimum absolute atomic E-state index is 0.249. The third-order valence-electron chi connectivity index (χ3n) is 6.47. The van der Waals surface area contributed by atoms with Crippen LogP contribution in [0.4, 0.5) is 0 Å². The van der Waals surface area contributed by atoms with E-state index in [4.69, 9.17) is 0 Å². The number of likely N-dealkylation sites (tertiary alicyclic amines) is 1. The molecule has 2 unspecified atom stereocenters. The fourth-order valence-corrected chi connectivity index (χ4v) is 6.22. The minimum Gasteiger partial charge on any atom is -0.355 e. The summed E-state index contributed by atoms with van der Waals surface area (Å²) in [4.78, 5) is 17.4. The Bertz CT molecular complexity index is 418. The molecule has 3 rings (SSSR count). The number of nitrogens with zero attached hydrogens (tertiary/aromatic N) is 2. The van der Waals surface area contributed by atoms with Gasteiger partial charge in [-0.05, 0) is 76.4 Å². The van der Waals surface area contributed by atoms with Gasteiger partial charge in [-0.2, -0.15) is 11.8 Å². The van der Waals surface area contributed by atoms with E-state index in [2.05, 4.69) is 22.0 Å². The highest BCUT2D eigenvalue weighted by Crippen LogP contribution is 2.32. The lowest BCUT2D eigenvalue weighted by atomic mass is 9.85. The largest absolute Gasteiger partial charge is 0.355 e. The molecule has 0 saturated carbocycles. The predicted octanol–water partition coefficient (Wildman–Crippen LogP) is 2.97. The molecule has 3 saturated heterocycles. The molecule has 0 aromatic rings. The van der Waals surface area contributed by atoms with Gasteiger partial charge in [0.25, 0.3) is 0 Å². The predicted molar refractivity (Wildman–Crippen MR) is 107 cm³/mol. The second-order valence-corrected chi connectivity index (χ2v) is 9.20. The summed E-state index contributed by atoms with van der Waals surface area (Å²) in [7, 11) is 0. The summed E-state index contributed by atoms with van der Waals surface area (Å²) in [6.07, 6.45) is 10.2. The normalized spacial score (nSPS) is 31.0. The van der Waals surface area contributed by atoms with Crippen LogP contribution in [-0.4, -0.2) is 72.0 Å². The highest BCUT2D eigenvalue weighted by atomic mass is 32.2. The molecule has 3 aliphatic rings. The van der Waals surface area contributed by atoms with Crippen LogP contribution in [0.5, 0.6) is 0 Å². The molecule has 0 aromatic heterocycles. The molecule has 3 heterocycles. The van der Waals surface area contributed by atoms with Crippen molar-refractivity contribution in [2.45, 2.75) is 70.4 Å². The van der Waals surface area contributed by atoms with E-state index in [1.165, 1.54) is 70.3 Å². The first kappa shape index (κ1) is 19.5. The van der Waals surface area contributed by atoms with Gasteiger partial charge in [0.05, 0.1) is 0 Å². The van der Waals surface area contributed by atoms with Crippen molar-refractivity contribution in [3.05, 3.63) is 0 Å². The van der Waals surface area contributed by atoms with Crippen LogP contribution in [0.3, 0.4) is 0 Å². The highest BCUT2D eigenvalue weighted by Gasteiger charge is 2.32. The lowest BCUT2D eigenvalue weighted by Crippen LogP contribution is -2.48. The Morgan fingerprint density at radius 3 is 2.80 bits per heavy atom. The van der Waals surface area contributed by atoms with Crippen LogP contribution in [-0.2, 0) is 4.79 Å². The Hall–Kier alpha value is -0.260. The van der Waals surface area contributed by atoms with E-state index in [9.17, 15) is 4.79 Å². The molecule has 3 atom stereocenters. The Balaban J connectivity index is 1.28. The summed E-state index contributed by atoms with van der Waals surface area (Å²) in [5, 5.41) is 3.17. The molecular weight excluding hydrogens is 330 g/mol. The van der Waals surface area contributed by atoms with Crippen molar-refractivity contribution in [3.63, 3.8) is 0 Å². The van der Waals surface area contributed by atoms with Crippen LogP contribution in [0.15, 0.2) is 0 Å². The fraction of sp³-hybridized carbons (Fsp3) is 0.950. The van der Waals surface area contributed by atoms with Gasteiger partial charge < -0.3 is 10.2 Å². The van der Waals surface area contributed by atoms with E-state index in [0.29, 0.717) is 12.5 Å². The van der Waals surface area contributed by atoms with Gasteiger partial charge >= 0.3 is 0 Å². The minimum atomic E-state index is 0.249. The average molecular weight is 368 g/mol. The quantitative estimate of drug-likeness (QED) is 0.669. The molecule has 0 radical (unpaired) electrons. The Morgan fingerprint density at radius 1 is 1.08 bits per heavy atom. The molecule has 1 N–H and O–H groups in total. The lowest BCUT2D eigenvalue weighted by molar-refractivity contribution is -0.120. The van der Waals surface area contributed by atoms with Crippen LogP contribution < -0.4 is 5.32 Å². The van der Waals surface area contributed by atoms with Gasteiger partial charge in [-0.1, -0.05) is 13.3 Å². The zero-order valence-electron chi connectivity index (χ0n) is 16.0. The number of fused-ring (bicyclic) bond motifs is 1. The van der Waals surface area contributed by atoms with Gasteiger partial charge in [-0.25, -0.2) is 0 Å². The summed E-state index contributed by atoms with van der Waals surface area (Å²) in [6.45, 7) is 8.02. The zero-order chi connectivity index (χ0) is 17.5. The third-order valence-corrected chi connectivity index (χ3v) is 7.63. The summed E-state index contributed by atoms with van der Waals surface area (Å²) < 4.78 is 0.